The summed E-state index contributed by atoms with van der Waals surface area (Å²) in [6.07, 6.45) is 7.31. The van der Waals surface area contributed by atoms with Crippen LogP contribution < -0.4 is 0 Å². The van der Waals surface area contributed by atoms with E-state index < -0.39 is 8.07 Å². The van der Waals surface area contributed by atoms with Crippen molar-refractivity contribution >= 4 is 8.07 Å². The number of epoxide rings is 1. The van der Waals surface area contributed by atoms with E-state index in [1.54, 1.807) is 0 Å². The van der Waals surface area contributed by atoms with Crippen molar-refractivity contribution in [2.75, 3.05) is 0 Å². The molecule has 0 spiro atoms. The van der Waals surface area contributed by atoms with E-state index >= 15 is 0 Å². The van der Waals surface area contributed by atoms with Gasteiger partial charge in [0.15, 0.2) is 0 Å². The van der Waals surface area contributed by atoms with Crippen molar-refractivity contribution in [2.45, 2.75) is 90.1 Å². The van der Waals surface area contributed by atoms with Gasteiger partial charge in [-0.2, -0.15) is 0 Å². The minimum Gasteiger partial charge on any atom is -0.356 e. The average molecular weight is 267 g/mol. The predicted octanol–water partition coefficient (Wildman–Crippen LogP) is 4.78. The van der Waals surface area contributed by atoms with Gasteiger partial charge in [0.2, 0.25) is 0 Å². The van der Waals surface area contributed by atoms with Crippen LogP contribution in [0.5, 0.6) is 0 Å². The van der Waals surface area contributed by atoms with Crippen LogP contribution in [-0.4, -0.2) is 20.3 Å². The van der Waals surface area contributed by atoms with E-state index in [1.807, 2.05) is 0 Å². The summed E-state index contributed by atoms with van der Waals surface area (Å²) in [6, 6.07) is 3.88. The summed E-state index contributed by atoms with van der Waals surface area (Å²) < 4.78 is 5.67. The molecule has 0 aromatic carbocycles. The van der Waals surface area contributed by atoms with Crippen LogP contribution in [0.3, 0.4) is 0 Å². The lowest BCUT2D eigenvalue weighted by molar-refractivity contribution is 0.375. The Morgan fingerprint density at radius 1 is 0.944 bits per heavy atom. The van der Waals surface area contributed by atoms with Crippen molar-refractivity contribution in [3.63, 3.8) is 0 Å². The molecule has 0 unspecified atom stereocenters. The predicted molar refractivity (Wildman–Crippen MR) is 82.4 cm³/mol. The minimum absolute atomic E-state index is 0.281. The second kappa shape index (κ2) is 8.02. The standard InChI is InChI=1S/C16H30OSi/c1-5-9-10-11-12-15-16(17-15)13-14-18(6-2,7-3)8-4/h15-16H,5-12H2,1-4H3/t15-,16+/m1/s1. The van der Waals surface area contributed by atoms with Crippen LogP contribution in [0.1, 0.15) is 59.8 Å². The Bertz CT molecular complexity index is 277. The molecule has 1 heterocycles. The molecule has 1 rings (SSSR count). The third-order valence-electron chi connectivity index (χ3n) is 4.43. The van der Waals surface area contributed by atoms with Crippen LogP contribution in [0.4, 0.5) is 0 Å². The number of rotatable bonds is 8. The Hall–Kier alpha value is -0.263. The fraction of sp³-hybridized carbons (Fsp3) is 0.875. The first-order chi connectivity index (χ1) is 8.71. The van der Waals surface area contributed by atoms with Gasteiger partial charge in [-0.1, -0.05) is 59.3 Å². The van der Waals surface area contributed by atoms with Gasteiger partial charge in [0.1, 0.15) is 14.2 Å². The summed E-state index contributed by atoms with van der Waals surface area (Å²) >= 11 is 0. The van der Waals surface area contributed by atoms with E-state index in [-0.39, 0.29) is 6.10 Å². The smallest absolute Gasteiger partial charge is 0.144 e. The summed E-state index contributed by atoms with van der Waals surface area (Å²) in [5.41, 5.74) is 3.64. The molecule has 0 amide bonds. The van der Waals surface area contributed by atoms with Gasteiger partial charge >= 0.3 is 0 Å². The van der Waals surface area contributed by atoms with Crippen molar-refractivity contribution in [2.24, 2.45) is 0 Å². The lowest BCUT2D eigenvalue weighted by Gasteiger charge is -2.19. The molecule has 0 saturated carbocycles. The van der Waals surface area contributed by atoms with E-state index in [9.17, 15) is 0 Å². The van der Waals surface area contributed by atoms with Crippen LogP contribution in [-0.2, 0) is 4.74 Å². The quantitative estimate of drug-likeness (QED) is 0.267. The molecule has 1 saturated heterocycles. The van der Waals surface area contributed by atoms with Gasteiger partial charge in [-0.05, 0) is 24.6 Å². The summed E-state index contributed by atoms with van der Waals surface area (Å²) in [5, 5.41) is 0. The highest BCUT2D eigenvalue weighted by Crippen LogP contribution is 2.28. The topological polar surface area (TPSA) is 12.5 Å². The second-order valence-corrected chi connectivity index (χ2v) is 10.5. The Kier molecular flexibility index (Phi) is 7.03. The lowest BCUT2D eigenvalue weighted by atomic mass is 10.1. The van der Waals surface area contributed by atoms with E-state index in [2.05, 4.69) is 39.2 Å². The Morgan fingerprint density at radius 2 is 1.61 bits per heavy atom. The van der Waals surface area contributed by atoms with Crippen molar-refractivity contribution in [1.82, 2.24) is 0 Å². The molecule has 18 heavy (non-hydrogen) atoms. The molecule has 0 bridgehead atoms. The van der Waals surface area contributed by atoms with Crippen LogP contribution in [0, 0.1) is 11.5 Å². The van der Waals surface area contributed by atoms with Crippen LogP contribution >= 0.6 is 0 Å². The maximum absolute atomic E-state index is 5.67. The van der Waals surface area contributed by atoms with Gasteiger partial charge in [-0.15, -0.1) is 5.54 Å². The average Bonchev–Trinajstić information content (AvgIpc) is 3.16. The molecule has 0 aliphatic carbocycles. The molecule has 0 aromatic rings. The molecule has 1 nitrogen and oxygen atoms in total. The zero-order chi connectivity index (χ0) is 13.4. The molecule has 1 fully saturated rings. The van der Waals surface area contributed by atoms with E-state index in [4.69, 9.17) is 4.74 Å². The number of hydrogen-bond donors (Lipinski definition) is 0. The summed E-state index contributed by atoms with van der Waals surface area (Å²) in [5.74, 6) is 3.43. The van der Waals surface area contributed by atoms with Crippen molar-refractivity contribution in [1.29, 1.82) is 0 Å². The zero-order valence-corrected chi connectivity index (χ0v) is 13.7. The van der Waals surface area contributed by atoms with Crippen molar-refractivity contribution in [3.8, 4) is 11.5 Å². The number of unbranched alkanes of at least 4 members (excludes halogenated alkanes) is 3. The largest absolute Gasteiger partial charge is 0.356 e. The minimum atomic E-state index is -1.25. The first-order valence-electron chi connectivity index (χ1n) is 7.89. The molecule has 0 N–H and O–H groups in total. The molecule has 0 aromatic heterocycles. The van der Waals surface area contributed by atoms with Crippen molar-refractivity contribution in [3.05, 3.63) is 0 Å². The van der Waals surface area contributed by atoms with Crippen LogP contribution in [0.15, 0.2) is 0 Å². The fourth-order valence-electron chi connectivity index (χ4n) is 2.50. The van der Waals surface area contributed by atoms with E-state index in [1.165, 1.54) is 50.2 Å². The fourth-order valence-corrected chi connectivity index (χ4v) is 4.98. The number of ether oxygens (including phenoxy) is 1. The van der Waals surface area contributed by atoms with E-state index in [0.29, 0.717) is 6.10 Å². The summed E-state index contributed by atoms with van der Waals surface area (Å²) in [6.45, 7) is 9.18. The second-order valence-electron chi connectivity index (χ2n) is 5.55. The van der Waals surface area contributed by atoms with Crippen molar-refractivity contribution < 1.29 is 4.74 Å². The maximum atomic E-state index is 5.67. The zero-order valence-electron chi connectivity index (χ0n) is 12.7. The Balaban J connectivity index is 2.29. The molecule has 104 valence electrons. The number of hydrogen-bond acceptors (Lipinski definition) is 1. The highest BCUT2D eigenvalue weighted by atomic mass is 28.3. The molecule has 2 atom stereocenters. The maximum Gasteiger partial charge on any atom is 0.144 e. The normalized spacial score (nSPS) is 22.4. The monoisotopic (exact) mass is 266 g/mol. The molecular formula is C16H30OSi. The molecule has 1 aliphatic heterocycles. The molecule has 1 aliphatic rings. The first-order valence-corrected chi connectivity index (χ1v) is 10.5. The van der Waals surface area contributed by atoms with Gasteiger partial charge in [-0.3, -0.25) is 0 Å². The summed E-state index contributed by atoms with van der Waals surface area (Å²) in [7, 11) is -1.25. The van der Waals surface area contributed by atoms with Gasteiger partial charge < -0.3 is 4.74 Å². The highest BCUT2D eigenvalue weighted by Gasteiger charge is 2.37. The Morgan fingerprint density at radius 3 is 2.17 bits per heavy atom. The third kappa shape index (κ3) is 4.78. The molecule has 2 heteroatoms. The van der Waals surface area contributed by atoms with Gasteiger partial charge in [0.05, 0.1) is 6.10 Å². The van der Waals surface area contributed by atoms with Crippen LogP contribution in [0.25, 0.3) is 0 Å². The SMILES string of the molecule is CCCCCC[C@H]1O[C@H]1C#C[Si](CC)(CC)CC. The third-order valence-corrected chi connectivity index (χ3v) is 9.17. The molecular weight excluding hydrogens is 236 g/mol. The van der Waals surface area contributed by atoms with Crippen LogP contribution in [0.2, 0.25) is 18.1 Å². The van der Waals surface area contributed by atoms with E-state index in [0.717, 1.165) is 0 Å². The first kappa shape index (κ1) is 15.8. The van der Waals surface area contributed by atoms with Gasteiger partial charge in [-0.25, -0.2) is 0 Å². The van der Waals surface area contributed by atoms with Gasteiger partial charge in [0, 0.05) is 0 Å². The Labute approximate surface area is 115 Å². The summed E-state index contributed by atoms with van der Waals surface area (Å²) in [4.78, 5) is 0. The van der Waals surface area contributed by atoms with Gasteiger partial charge in [0.25, 0.3) is 0 Å². The lowest BCUT2D eigenvalue weighted by Crippen LogP contribution is -2.29. The molecule has 0 radical (unpaired) electrons. The highest BCUT2D eigenvalue weighted by molar-refractivity contribution is 6.87.